The monoisotopic (exact) mass is 409 g/mol. The van der Waals surface area contributed by atoms with Crippen LogP contribution in [0.4, 0.5) is 5.82 Å². The van der Waals surface area contributed by atoms with Crippen molar-refractivity contribution in [2.75, 3.05) is 39.3 Å². The molecule has 1 unspecified atom stereocenters. The summed E-state index contributed by atoms with van der Waals surface area (Å²) in [5, 5.41) is 3.37. The van der Waals surface area contributed by atoms with Crippen LogP contribution in [-0.4, -0.2) is 53.9 Å². The van der Waals surface area contributed by atoms with Crippen LogP contribution in [-0.2, 0) is 0 Å². The molecule has 0 saturated carbocycles. The Labute approximate surface area is 174 Å². The highest BCUT2D eigenvalue weighted by Gasteiger charge is 2.21. The van der Waals surface area contributed by atoms with Gasteiger partial charge in [-0.1, -0.05) is 6.92 Å². The van der Waals surface area contributed by atoms with E-state index in [0.29, 0.717) is 43.1 Å². The first-order chi connectivity index (χ1) is 14.7. The van der Waals surface area contributed by atoms with Crippen molar-refractivity contribution in [3.63, 3.8) is 0 Å². The van der Waals surface area contributed by atoms with Crippen molar-refractivity contribution < 1.29 is 18.9 Å². The standard InChI is InChI=1S/C21H23N5O4/c1-13(15-4-5-22-21-19(15)29-6-7-30-21)10-23-18-9-16(25-12-26-18)14-8-17(27-2)20(28-3)24-11-14/h4-5,8-9,11-13H,6-7,10H2,1-3H3,(H,23,25,26). The summed E-state index contributed by atoms with van der Waals surface area (Å²) in [6.07, 6.45) is 4.95. The first-order valence-electron chi connectivity index (χ1n) is 9.58. The molecule has 0 bridgehead atoms. The average molecular weight is 409 g/mol. The van der Waals surface area contributed by atoms with Crippen LogP contribution in [0.3, 0.4) is 0 Å². The number of ether oxygens (including phenoxy) is 4. The van der Waals surface area contributed by atoms with Crippen LogP contribution in [0.2, 0.25) is 0 Å². The predicted octanol–water partition coefficient (Wildman–Crippen LogP) is 2.94. The molecule has 0 aliphatic carbocycles. The third-order valence-corrected chi connectivity index (χ3v) is 4.79. The van der Waals surface area contributed by atoms with Gasteiger partial charge in [0.05, 0.1) is 19.9 Å². The Morgan fingerprint density at radius 2 is 1.93 bits per heavy atom. The molecule has 156 valence electrons. The number of nitrogens with one attached hydrogen (secondary N) is 1. The zero-order valence-electron chi connectivity index (χ0n) is 17.1. The van der Waals surface area contributed by atoms with E-state index in [9.17, 15) is 0 Å². The summed E-state index contributed by atoms with van der Waals surface area (Å²) >= 11 is 0. The zero-order valence-corrected chi connectivity index (χ0v) is 17.1. The Balaban J connectivity index is 1.49. The third-order valence-electron chi connectivity index (χ3n) is 4.79. The molecule has 1 N–H and O–H groups in total. The Kier molecular flexibility index (Phi) is 5.78. The summed E-state index contributed by atoms with van der Waals surface area (Å²) in [5.74, 6) is 3.11. The number of pyridine rings is 2. The van der Waals surface area contributed by atoms with Crippen molar-refractivity contribution in [2.45, 2.75) is 12.8 Å². The molecule has 9 heteroatoms. The number of hydrogen-bond donors (Lipinski definition) is 1. The summed E-state index contributed by atoms with van der Waals surface area (Å²) < 4.78 is 21.9. The highest BCUT2D eigenvalue weighted by molar-refractivity contribution is 5.64. The Bertz CT molecular complexity index is 1030. The van der Waals surface area contributed by atoms with Crippen molar-refractivity contribution in [1.82, 2.24) is 19.9 Å². The van der Waals surface area contributed by atoms with Crippen molar-refractivity contribution in [3.8, 4) is 34.5 Å². The highest BCUT2D eigenvalue weighted by atomic mass is 16.6. The first-order valence-corrected chi connectivity index (χ1v) is 9.58. The summed E-state index contributed by atoms with van der Waals surface area (Å²) in [6.45, 7) is 3.81. The number of anilines is 1. The number of hydrogen-bond acceptors (Lipinski definition) is 9. The summed E-state index contributed by atoms with van der Waals surface area (Å²) in [7, 11) is 3.12. The molecule has 1 aliphatic rings. The van der Waals surface area contributed by atoms with Crippen LogP contribution in [0.1, 0.15) is 18.4 Å². The quantitative estimate of drug-likeness (QED) is 0.631. The molecule has 4 rings (SSSR count). The summed E-state index contributed by atoms with van der Waals surface area (Å²) in [6, 6.07) is 5.67. The van der Waals surface area contributed by atoms with Crippen LogP contribution in [0.15, 0.2) is 36.9 Å². The van der Waals surface area contributed by atoms with Gasteiger partial charge in [-0.15, -0.1) is 0 Å². The average Bonchev–Trinajstić information content (AvgIpc) is 2.81. The maximum atomic E-state index is 5.78. The van der Waals surface area contributed by atoms with Crippen LogP contribution >= 0.6 is 0 Å². The fourth-order valence-electron chi connectivity index (χ4n) is 3.21. The van der Waals surface area contributed by atoms with Gasteiger partial charge in [-0.3, -0.25) is 0 Å². The summed E-state index contributed by atoms with van der Waals surface area (Å²) in [4.78, 5) is 17.2. The molecule has 1 aliphatic heterocycles. The van der Waals surface area contributed by atoms with Gasteiger partial charge in [-0.25, -0.2) is 19.9 Å². The third kappa shape index (κ3) is 4.05. The number of rotatable bonds is 7. The molecule has 4 heterocycles. The van der Waals surface area contributed by atoms with E-state index in [1.807, 2.05) is 18.2 Å². The molecule has 9 nitrogen and oxygen atoms in total. The van der Waals surface area contributed by atoms with E-state index in [-0.39, 0.29) is 5.92 Å². The normalized spacial score (nSPS) is 13.4. The molecule has 0 aromatic carbocycles. The lowest BCUT2D eigenvalue weighted by Crippen LogP contribution is -2.19. The van der Waals surface area contributed by atoms with Crippen molar-refractivity contribution in [3.05, 3.63) is 42.5 Å². The van der Waals surface area contributed by atoms with Gasteiger partial charge in [0.25, 0.3) is 11.8 Å². The molecular formula is C21H23N5O4. The summed E-state index contributed by atoms with van der Waals surface area (Å²) in [5.41, 5.74) is 2.58. The predicted molar refractivity (Wildman–Crippen MR) is 110 cm³/mol. The van der Waals surface area contributed by atoms with Crippen LogP contribution in [0.25, 0.3) is 11.3 Å². The minimum atomic E-state index is 0.157. The number of aromatic nitrogens is 4. The molecule has 30 heavy (non-hydrogen) atoms. The first kappa shape index (κ1) is 19.7. The number of nitrogens with zero attached hydrogens (tertiary/aromatic N) is 4. The Morgan fingerprint density at radius 3 is 2.77 bits per heavy atom. The smallest absolute Gasteiger partial charge is 0.257 e. The largest absolute Gasteiger partial charge is 0.491 e. The second-order valence-electron chi connectivity index (χ2n) is 6.74. The number of fused-ring (bicyclic) bond motifs is 1. The minimum absolute atomic E-state index is 0.157. The maximum Gasteiger partial charge on any atom is 0.257 e. The van der Waals surface area contributed by atoms with E-state index in [1.165, 1.54) is 6.33 Å². The van der Waals surface area contributed by atoms with E-state index < -0.39 is 0 Å². The van der Waals surface area contributed by atoms with Gasteiger partial charge in [0, 0.05) is 42.0 Å². The molecule has 1 atom stereocenters. The Morgan fingerprint density at radius 1 is 1.07 bits per heavy atom. The van der Waals surface area contributed by atoms with Gasteiger partial charge < -0.3 is 24.3 Å². The SMILES string of the molecule is COc1cc(-c2cc(NCC(C)c3ccnc4c3OCCO4)ncn2)cnc1OC. The van der Waals surface area contributed by atoms with Gasteiger partial charge in [0.2, 0.25) is 0 Å². The van der Waals surface area contributed by atoms with Gasteiger partial charge in [-0.2, -0.15) is 0 Å². The lowest BCUT2D eigenvalue weighted by atomic mass is 10.0. The maximum absolute atomic E-state index is 5.78. The fourth-order valence-corrected chi connectivity index (χ4v) is 3.21. The van der Waals surface area contributed by atoms with Crippen molar-refractivity contribution in [2.24, 2.45) is 0 Å². The van der Waals surface area contributed by atoms with Crippen LogP contribution in [0, 0.1) is 0 Å². The lowest BCUT2D eigenvalue weighted by molar-refractivity contribution is 0.162. The van der Waals surface area contributed by atoms with E-state index in [1.54, 1.807) is 26.6 Å². The zero-order chi connectivity index (χ0) is 20.9. The number of methoxy groups -OCH3 is 2. The second kappa shape index (κ2) is 8.81. The highest BCUT2D eigenvalue weighted by Crippen LogP contribution is 2.36. The van der Waals surface area contributed by atoms with Gasteiger partial charge in [-0.05, 0) is 12.1 Å². The molecule has 3 aromatic heterocycles. The topological polar surface area (TPSA) is 101 Å². The van der Waals surface area contributed by atoms with Crippen LogP contribution < -0.4 is 24.3 Å². The molecule has 0 fully saturated rings. The van der Waals surface area contributed by atoms with E-state index >= 15 is 0 Å². The molecular weight excluding hydrogens is 386 g/mol. The van der Waals surface area contributed by atoms with E-state index in [0.717, 1.165) is 22.6 Å². The lowest BCUT2D eigenvalue weighted by Gasteiger charge is -2.22. The fraction of sp³-hybridized carbons (Fsp3) is 0.333. The second-order valence-corrected chi connectivity index (χ2v) is 6.74. The van der Waals surface area contributed by atoms with Crippen molar-refractivity contribution in [1.29, 1.82) is 0 Å². The molecule has 3 aromatic rings. The van der Waals surface area contributed by atoms with Gasteiger partial charge in [0.15, 0.2) is 11.5 Å². The van der Waals surface area contributed by atoms with Crippen molar-refractivity contribution >= 4 is 5.82 Å². The molecule has 0 saturated heterocycles. The van der Waals surface area contributed by atoms with E-state index in [4.69, 9.17) is 18.9 Å². The molecule has 0 spiro atoms. The van der Waals surface area contributed by atoms with Gasteiger partial charge in [0.1, 0.15) is 25.4 Å². The molecule has 0 radical (unpaired) electrons. The van der Waals surface area contributed by atoms with E-state index in [2.05, 4.69) is 32.2 Å². The minimum Gasteiger partial charge on any atom is -0.491 e. The van der Waals surface area contributed by atoms with Gasteiger partial charge >= 0.3 is 0 Å². The Hall–Kier alpha value is -3.62. The molecule has 0 amide bonds. The van der Waals surface area contributed by atoms with Crippen LogP contribution in [0.5, 0.6) is 23.3 Å².